The van der Waals surface area contributed by atoms with Crippen LogP contribution in [0, 0.1) is 0 Å². The maximum absolute atomic E-state index is 12.6. The Labute approximate surface area is 78.4 Å². The first kappa shape index (κ1) is 11.0. The fraction of sp³-hybridized carbons (Fsp3) is 1.00. The zero-order valence-electron chi connectivity index (χ0n) is 4.68. The van der Waals surface area contributed by atoms with E-state index in [4.69, 9.17) is 11.6 Å². The van der Waals surface area contributed by atoms with Crippen molar-refractivity contribution < 1.29 is 13.2 Å². The first-order valence-corrected chi connectivity index (χ1v) is 4.44. The summed E-state index contributed by atoms with van der Waals surface area (Å²) < 4.78 is 34.1. The molecule has 6 heteroatoms. The molecule has 0 bridgehead atoms. The molecule has 0 heterocycles. The molecule has 0 aliphatic heterocycles. The van der Waals surface area contributed by atoms with Gasteiger partial charge in [-0.05, 0) is 31.9 Å². The lowest BCUT2D eigenvalue weighted by Gasteiger charge is -2.21. The lowest BCUT2D eigenvalue weighted by molar-refractivity contribution is 0.00346. The van der Waals surface area contributed by atoms with Crippen LogP contribution in [0.1, 0.15) is 6.42 Å². The zero-order chi connectivity index (χ0) is 8.41. The molecule has 0 N–H and O–H groups in total. The molecule has 0 aromatic rings. The second kappa shape index (κ2) is 3.63. The van der Waals surface area contributed by atoms with E-state index in [0.717, 1.165) is 0 Å². The molecule has 1 atom stereocenters. The molecule has 0 unspecified atom stereocenters. The van der Waals surface area contributed by atoms with Crippen molar-refractivity contribution in [2.45, 2.75) is 15.8 Å². The highest BCUT2D eigenvalue weighted by Gasteiger charge is 2.50. The fourth-order valence-corrected chi connectivity index (χ4v) is 1.15. The molecule has 0 aromatic carbocycles. The molecule has 0 fully saturated rings. The van der Waals surface area contributed by atoms with Crippen molar-refractivity contribution in [3.05, 3.63) is 0 Å². The monoisotopic (exact) mass is 302 g/mol. The quantitative estimate of drug-likeness (QED) is 0.698. The second-order valence-corrected chi connectivity index (χ2v) is 4.27. The van der Waals surface area contributed by atoms with Crippen LogP contribution in [-0.2, 0) is 0 Å². The van der Waals surface area contributed by atoms with E-state index < -0.39 is 15.8 Å². The van der Waals surface area contributed by atoms with Crippen LogP contribution in [0.25, 0.3) is 0 Å². The van der Waals surface area contributed by atoms with Gasteiger partial charge < -0.3 is 0 Å². The highest BCUT2D eigenvalue weighted by molar-refractivity contribution is 9.12. The predicted octanol–water partition coefficient (Wildman–Crippen LogP) is 3.66. The van der Waals surface area contributed by atoms with E-state index in [9.17, 15) is 13.2 Å². The summed E-state index contributed by atoms with van der Waals surface area (Å²) >= 11 is 9.17. The minimum Gasteiger partial charge on any atom is -0.224 e. The Morgan fingerprint density at radius 3 is 1.70 bits per heavy atom. The van der Waals surface area contributed by atoms with Crippen molar-refractivity contribution in [3.63, 3.8) is 0 Å². The van der Waals surface area contributed by atoms with E-state index in [1.807, 2.05) is 15.9 Å². The number of hydrogen-bond donors (Lipinski definition) is 0. The molecule has 0 spiro atoms. The summed E-state index contributed by atoms with van der Waals surface area (Å²) in [7, 11) is 0. The van der Waals surface area contributed by atoms with Gasteiger partial charge in [-0.1, -0.05) is 0 Å². The Hall–Kier alpha value is 1.04. The van der Waals surface area contributed by atoms with Crippen LogP contribution >= 0.6 is 43.5 Å². The Morgan fingerprint density at radius 1 is 1.20 bits per heavy atom. The molecule has 62 valence electrons. The second-order valence-electron chi connectivity index (χ2n) is 1.64. The van der Waals surface area contributed by atoms with Gasteiger partial charge in [-0.15, -0.1) is 11.6 Å². The van der Waals surface area contributed by atoms with Crippen LogP contribution in [0.2, 0.25) is 0 Å². The molecule has 0 radical (unpaired) electrons. The van der Waals surface area contributed by atoms with Crippen molar-refractivity contribution in [1.29, 1.82) is 0 Å². The third-order valence-corrected chi connectivity index (χ3v) is 3.07. The number of rotatable bonds is 3. The molecule has 0 amide bonds. The van der Waals surface area contributed by atoms with Gasteiger partial charge in [0.1, 0.15) is 0 Å². The van der Waals surface area contributed by atoms with Crippen LogP contribution < -0.4 is 0 Å². The van der Waals surface area contributed by atoms with Gasteiger partial charge in [0.25, 0.3) is 0 Å². The molecule has 0 saturated carbocycles. The molecular weight excluding hydrogens is 300 g/mol. The SMILES string of the molecule is FC(F)(Br)[C@@](F)(Br)CCCl. The average Bonchev–Trinajstić information content (AvgIpc) is 1.61. The lowest BCUT2D eigenvalue weighted by Crippen LogP contribution is -2.33. The Kier molecular flexibility index (Phi) is 4.00. The summed E-state index contributed by atoms with van der Waals surface area (Å²) in [5, 5.41) is 0. The van der Waals surface area contributed by atoms with E-state index in [2.05, 4.69) is 15.9 Å². The van der Waals surface area contributed by atoms with Gasteiger partial charge in [0.05, 0.1) is 0 Å². The number of halogens is 6. The maximum atomic E-state index is 12.6. The third kappa shape index (κ3) is 2.96. The van der Waals surface area contributed by atoms with Crippen LogP contribution in [-0.4, -0.2) is 15.3 Å². The number of hydrogen-bond acceptors (Lipinski definition) is 0. The Balaban J connectivity index is 4.10. The molecule has 0 nitrogen and oxygen atoms in total. The fourth-order valence-electron chi connectivity index (χ4n) is 0.260. The van der Waals surface area contributed by atoms with Crippen molar-refractivity contribution in [2.24, 2.45) is 0 Å². The summed E-state index contributed by atoms with van der Waals surface area (Å²) in [5.74, 6) is -0.164. The van der Waals surface area contributed by atoms with Gasteiger partial charge in [-0.2, -0.15) is 8.78 Å². The minimum atomic E-state index is -3.57. The normalized spacial score (nSPS) is 18.6. The van der Waals surface area contributed by atoms with Gasteiger partial charge in [0.15, 0.2) is 0 Å². The summed E-state index contributed by atoms with van der Waals surface area (Å²) in [5.41, 5.74) is 0. The zero-order valence-corrected chi connectivity index (χ0v) is 8.61. The van der Waals surface area contributed by atoms with Gasteiger partial charge in [-0.25, -0.2) is 4.39 Å². The Morgan fingerprint density at radius 2 is 1.60 bits per heavy atom. The van der Waals surface area contributed by atoms with E-state index in [1.165, 1.54) is 0 Å². The molecule has 0 saturated heterocycles. The average molecular weight is 304 g/mol. The largest absolute Gasteiger partial charge is 0.344 e. The number of alkyl halides is 6. The molecule has 0 rings (SSSR count). The van der Waals surface area contributed by atoms with Crippen molar-refractivity contribution in [1.82, 2.24) is 0 Å². The summed E-state index contributed by atoms with van der Waals surface area (Å²) in [4.78, 5) is -3.57. The molecular formula is C4H4Br2ClF3. The van der Waals surface area contributed by atoms with E-state index in [0.29, 0.717) is 0 Å². The van der Waals surface area contributed by atoms with Gasteiger partial charge in [0.2, 0.25) is 4.58 Å². The van der Waals surface area contributed by atoms with Gasteiger partial charge in [0, 0.05) is 12.3 Å². The summed E-state index contributed by atoms with van der Waals surface area (Å²) in [6.07, 6.45) is -0.452. The minimum absolute atomic E-state index is 0.164. The lowest BCUT2D eigenvalue weighted by atomic mass is 10.3. The molecule has 0 aliphatic carbocycles. The smallest absolute Gasteiger partial charge is 0.224 e. The summed E-state index contributed by atoms with van der Waals surface area (Å²) in [6, 6.07) is 0. The molecule has 10 heavy (non-hydrogen) atoms. The highest BCUT2D eigenvalue weighted by atomic mass is 79.9. The van der Waals surface area contributed by atoms with Gasteiger partial charge in [-0.3, -0.25) is 0 Å². The van der Waals surface area contributed by atoms with Crippen LogP contribution in [0.15, 0.2) is 0 Å². The Bertz CT molecular complexity index is 112. The topological polar surface area (TPSA) is 0 Å². The summed E-state index contributed by atoms with van der Waals surface area (Å²) in [6.45, 7) is 0. The highest BCUT2D eigenvalue weighted by Crippen LogP contribution is 2.45. The van der Waals surface area contributed by atoms with Crippen LogP contribution in [0.3, 0.4) is 0 Å². The van der Waals surface area contributed by atoms with E-state index >= 15 is 0 Å². The van der Waals surface area contributed by atoms with Crippen molar-refractivity contribution >= 4 is 43.5 Å². The van der Waals surface area contributed by atoms with Crippen molar-refractivity contribution in [3.8, 4) is 0 Å². The molecule has 0 aliphatic rings. The first-order valence-electron chi connectivity index (χ1n) is 2.32. The standard InChI is InChI=1S/C4H4Br2ClF3/c5-3(8,1-2-7)4(6,9)10/h1-2H2/t3-/m1/s1. The van der Waals surface area contributed by atoms with Crippen molar-refractivity contribution in [2.75, 3.05) is 5.88 Å². The van der Waals surface area contributed by atoms with E-state index in [1.54, 1.807) is 0 Å². The van der Waals surface area contributed by atoms with E-state index in [-0.39, 0.29) is 5.88 Å². The maximum Gasteiger partial charge on any atom is 0.344 e. The van der Waals surface area contributed by atoms with Gasteiger partial charge >= 0.3 is 4.83 Å². The first-order chi connectivity index (χ1) is 4.31. The van der Waals surface area contributed by atoms with Crippen LogP contribution in [0.5, 0.6) is 0 Å². The predicted molar refractivity (Wildman–Crippen MR) is 42.0 cm³/mol. The third-order valence-electron chi connectivity index (χ3n) is 0.823. The van der Waals surface area contributed by atoms with Crippen LogP contribution in [0.4, 0.5) is 13.2 Å². The molecule has 0 aromatic heterocycles.